The van der Waals surface area contributed by atoms with Crippen LogP contribution in [0.5, 0.6) is 5.75 Å². The molecule has 7 heteroatoms. The quantitative estimate of drug-likeness (QED) is 0.780. The van der Waals surface area contributed by atoms with E-state index in [0.29, 0.717) is 0 Å². The summed E-state index contributed by atoms with van der Waals surface area (Å²) >= 11 is 0. The van der Waals surface area contributed by atoms with Gasteiger partial charge >= 0.3 is 0 Å². The maximum Gasteiger partial charge on any atom is 0.276 e. The van der Waals surface area contributed by atoms with Gasteiger partial charge in [-0.3, -0.25) is 4.79 Å². The molecule has 3 aromatic rings. The molecule has 0 saturated heterocycles. The maximum atomic E-state index is 13.5. The molecule has 0 atom stereocenters. The molecule has 0 spiro atoms. The Hall–Kier alpha value is -3.22. The summed E-state index contributed by atoms with van der Waals surface area (Å²) in [5, 5.41) is 6.45. The van der Waals surface area contributed by atoms with Crippen molar-refractivity contribution >= 4 is 11.6 Å². The molecule has 1 aromatic heterocycles. The number of halogens is 2. The number of ether oxygens (including phenoxy) is 1. The molecule has 24 heavy (non-hydrogen) atoms. The van der Waals surface area contributed by atoms with Gasteiger partial charge in [0.25, 0.3) is 5.91 Å². The molecule has 2 aromatic carbocycles. The van der Waals surface area contributed by atoms with Gasteiger partial charge < -0.3 is 10.1 Å². The lowest BCUT2D eigenvalue weighted by Gasteiger charge is -2.07. The zero-order valence-corrected chi connectivity index (χ0v) is 12.4. The van der Waals surface area contributed by atoms with E-state index in [1.165, 1.54) is 47.3 Å². The van der Waals surface area contributed by atoms with Crippen LogP contribution in [0, 0.1) is 11.6 Å². The van der Waals surface area contributed by atoms with Crippen LogP contribution in [0.15, 0.2) is 60.8 Å². The number of anilines is 1. The number of nitrogens with zero attached hydrogens (tertiary/aromatic N) is 2. The lowest BCUT2D eigenvalue weighted by Crippen LogP contribution is -2.15. The Kier molecular flexibility index (Phi) is 4.51. The number of benzene rings is 2. The summed E-state index contributed by atoms with van der Waals surface area (Å²) in [5.41, 5.74) is 0.162. The van der Waals surface area contributed by atoms with Gasteiger partial charge in [-0.1, -0.05) is 24.3 Å². The molecular weight excluding hydrogens is 316 g/mol. The molecule has 0 fully saturated rings. The van der Waals surface area contributed by atoms with E-state index in [1.54, 1.807) is 18.2 Å². The fourth-order valence-corrected chi connectivity index (χ4v) is 2.00. The molecule has 5 nitrogen and oxygen atoms in total. The Labute approximate surface area is 136 Å². The summed E-state index contributed by atoms with van der Waals surface area (Å²) < 4.78 is 33.6. The molecule has 0 unspecified atom stereocenters. The summed E-state index contributed by atoms with van der Waals surface area (Å²) in [6.45, 7) is -0.0616. The molecule has 0 radical (unpaired) electrons. The normalized spacial score (nSPS) is 10.4. The zero-order valence-electron chi connectivity index (χ0n) is 12.4. The molecule has 0 aliphatic heterocycles. The van der Waals surface area contributed by atoms with E-state index in [-0.39, 0.29) is 23.9 Å². The Morgan fingerprint density at radius 2 is 1.75 bits per heavy atom. The number of amides is 1. The second kappa shape index (κ2) is 6.91. The van der Waals surface area contributed by atoms with Crippen molar-refractivity contribution in [3.8, 4) is 5.75 Å². The minimum atomic E-state index is -0.551. The van der Waals surface area contributed by atoms with Gasteiger partial charge in [0.2, 0.25) is 0 Å². The first-order chi connectivity index (χ1) is 11.6. The van der Waals surface area contributed by atoms with Crippen molar-refractivity contribution in [2.24, 2.45) is 0 Å². The highest BCUT2D eigenvalue weighted by atomic mass is 19.1. The maximum absolute atomic E-state index is 13.5. The number of hydrogen-bond acceptors (Lipinski definition) is 3. The Morgan fingerprint density at radius 3 is 2.50 bits per heavy atom. The van der Waals surface area contributed by atoms with Crippen LogP contribution in [-0.2, 0) is 6.73 Å². The lowest BCUT2D eigenvalue weighted by atomic mass is 10.3. The van der Waals surface area contributed by atoms with Crippen LogP contribution in [0.1, 0.15) is 10.5 Å². The van der Waals surface area contributed by atoms with Gasteiger partial charge in [-0.2, -0.15) is 5.10 Å². The number of aromatic nitrogens is 2. The van der Waals surface area contributed by atoms with Crippen LogP contribution in [0.3, 0.4) is 0 Å². The van der Waals surface area contributed by atoms with Crippen molar-refractivity contribution in [1.82, 2.24) is 9.78 Å². The van der Waals surface area contributed by atoms with Gasteiger partial charge in [0, 0.05) is 6.20 Å². The fraction of sp³-hybridized carbons (Fsp3) is 0.0588. The largest absolute Gasteiger partial charge is 0.468 e. The third kappa shape index (κ3) is 3.57. The monoisotopic (exact) mass is 329 g/mol. The Balaban J connectivity index is 1.64. The van der Waals surface area contributed by atoms with E-state index >= 15 is 0 Å². The molecule has 0 aliphatic rings. The molecule has 1 amide bonds. The zero-order chi connectivity index (χ0) is 16.9. The number of rotatable bonds is 5. The highest BCUT2D eigenvalue weighted by molar-refractivity contribution is 6.02. The molecule has 1 N–H and O–H groups in total. The summed E-state index contributed by atoms with van der Waals surface area (Å²) in [5.74, 6) is -1.48. The lowest BCUT2D eigenvalue weighted by molar-refractivity contribution is 0.101. The van der Waals surface area contributed by atoms with Gasteiger partial charge in [-0.15, -0.1) is 0 Å². The molecule has 3 rings (SSSR count). The van der Waals surface area contributed by atoms with Crippen LogP contribution in [0.25, 0.3) is 0 Å². The van der Waals surface area contributed by atoms with Crippen molar-refractivity contribution in [2.75, 3.05) is 5.32 Å². The predicted molar refractivity (Wildman–Crippen MR) is 83.6 cm³/mol. The first-order valence-corrected chi connectivity index (χ1v) is 7.10. The van der Waals surface area contributed by atoms with Crippen molar-refractivity contribution in [2.45, 2.75) is 6.73 Å². The van der Waals surface area contributed by atoms with Gasteiger partial charge in [0.05, 0.1) is 5.69 Å². The third-order valence-corrected chi connectivity index (χ3v) is 3.18. The highest BCUT2D eigenvalue weighted by Gasteiger charge is 2.12. The van der Waals surface area contributed by atoms with Crippen LogP contribution in [0.4, 0.5) is 14.5 Å². The molecule has 0 saturated carbocycles. The summed E-state index contributed by atoms with van der Waals surface area (Å²) in [7, 11) is 0. The number of hydrogen-bond donors (Lipinski definition) is 1. The number of carbonyl (C=O) groups excluding carboxylic acids is 1. The molecule has 0 aliphatic carbocycles. The second-order valence-corrected chi connectivity index (χ2v) is 4.88. The van der Waals surface area contributed by atoms with Gasteiger partial charge in [-0.25, -0.2) is 13.5 Å². The van der Waals surface area contributed by atoms with Crippen molar-refractivity contribution in [3.05, 3.63) is 78.1 Å². The van der Waals surface area contributed by atoms with Gasteiger partial charge in [0.15, 0.2) is 24.0 Å². The van der Waals surface area contributed by atoms with Gasteiger partial charge in [-0.05, 0) is 30.3 Å². The molecule has 122 valence electrons. The number of para-hydroxylation sites is 2. The molecular formula is C17H13F2N3O2. The van der Waals surface area contributed by atoms with Crippen LogP contribution >= 0.6 is 0 Å². The molecule has 1 heterocycles. The highest BCUT2D eigenvalue weighted by Crippen LogP contribution is 2.16. The average molecular weight is 329 g/mol. The topological polar surface area (TPSA) is 56.2 Å². The van der Waals surface area contributed by atoms with Crippen molar-refractivity contribution in [3.63, 3.8) is 0 Å². The first-order valence-electron chi connectivity index (χ1n) is 7.10. The van der Waals surface area contributed by atoms with E-state index < -0.39 is 17.5 Å². The van der Waals surface area contributed by atoms with E-state index in [9.17, 15) is 13.6 Å². The van der Waals surface area contributed by atoms with Crippen LogP contribution < -0.4 is 10.1 Å². The second-order valence-electron chi connectivity index (χ2n) is 4.88. The Bertz CT molecular complexity index is 864. The average Bonchev–Trinajstić information content (AvgIpc) is 3.05. The standard InChI is InChI=1S/C17H13F2N3O2/c18-12-5-1-3-7-14(12)20-17(23)15-9-10-22(21-15)11-24-16-8-4-2-6-13(16)19/h1-10H,11H2,(H,20,23). The summed E-state index contributed by atoms with van der Waals surface area (Å²) in [4.78, 5) is 12.1. The predicted octanol–water partition coefficient (Wildman–Crippen LogP) is 3.45. The van der Waals surface area contributed by atoms with E-state index in [4.69, 9.17) is 4.74 Å². The number of nitrogens with one attached hydrogen (secondary N) is 1. The third-order valence-electron chi connectivity index (χ3n) is 3.18. The van der Waals surface area contributed by atoms with E-state index in [2.05, 4.69) is 10.4 Å². The minimum Gasteiger partial charge on any atom is -0.468 e. The smallest absolute Gasteiger partial charge is 0.276 e. The summed E-state index contributed by atoms with van der Waals surface area (Å²) in [6.07, 6.45) is 1.51. The fourth-order valence-electron chi connectivity index (χ4n) is 2.00. The van der Waals surface area contributed by atoms with Gasteiger partial charge in [0.1, 0.15) is 5.82 Å². The Morgan fingerprint density at radius 1 is 1.04 bits per heavy atom. The van der Waals surface area contributed by atoms with E-state index in [1.807, 2.05) is 0 Å². The van der Waals surface area contributed by atoms with Crippen molar-refractivity contribution < 1.29 is 18.3 Å². The SMILES string of the molecule is O=C(Nc1ccccc1F)c1ccn(COc2ccccc2F)n1. The minimum absolute atomic E-state index is 0.0616. The van der Waals surface area contributed by atoms with Crippen LogP contribution in [0.2, 0.25) is 0 Å². The van der Waals surface area contributed by atoms with Crippen LogP contribution in [-0.4, -0.2) is 15.7 Å². The van der Waals surface area contributed by atoms with E-state index in [0.717, 1.165) is 0 Å². The first kappa shape index (κ1) is 15.7. The van der Waals surface area contributed by atoms with Crippen molar-refractivity contribution in [1.29, 1.82) is 0 Å². The summed E-state index contributed by atoms with van der Waals surface area (Å²) in [6, 6.07) is 13.3. The molecule has 0 bridgehead atoms. The number of carbonyl (C=O) groups is 1.